The first-order valence-electron chi connectivity index (χ1n) is 9.97. The lowest BCUT2D eigenvalue weighted by molar-refractivity contribution is -0.675. The van der Waals surface area contributed by atoms with Gasteiger partial charge in [0.25, 0.3) is 5.65 Å². The molecule has 0 atom stereocenters. The number of ether oxygens (including phenoxy) is 2. The largest absolute Gasteiger partial charge is 0.497 e. The third-order valence-corrected chi connectivity index (χ3v) is 5.95. The van der Waals surface area contributed by atoms with E-state index < -0.39 is 0 Å². The Labute approximate surface area is 185 Å². The number of aromatic nitrogens is 4. The summed E-state index contributed by atoms with van der Waals surface area (Å²) in [5.41, 5.74) is 11.5. The summed E-state index contributed by atoms with van der Waals surface area (Å²) < 4.78 is 12.9. The van der Waals surface area contributed by atoms with Crippen LogP contribution in [0.2, 0.25) is 0 Å². The molecule has 0 amide bonds. The second-order valence-corrected chi connectivity index (χ2v) is 8.46. The van der Waals surface area contributed by atoms with Gasteiger partial charge in [0.1, 0.15) is 11.5 Å². The van der Waals surface area contributed by atoms with Crippen molar-refractivity contribution in [3.63, 3.8) is 0 Å². The molecule has 0 saturated carbocycles. The molecule has 0 radical (unpaired) electrons. The summed E-state index contributed by atoms with van der Waals surface area (Å²) in [5.74, 6) is 1.93. The van der Waals surface area contributed by atoms with Crippen molar-refractivity contribution in [2.45, 2.75) is 36.9 Å². The maximum absolute atomic E-state index is 6.13. The van der Waals surface area contributed by atoms with Crippen LogP contribution in [0.1, 0.15) is 16.7 Å². The Bertz CT molecular complexity index is 1220. The van der Waals surface area contributed by atoms with E-state index in [1.807, 2.05) is 22.8 Å². The van der Waals surface area contributed by atoms with Gasteiger partial charge < -0.3 is 20.2 Å². The van der Waals surface area contributed by atoms with Gasteiger partial charge in [0.05, 0.1) is 25.7 Å². The molecule has 0 bridgehead atoms. The van der Waals surface area contributed by atoms with Crippen LogP contribution in [0.5, 0.6) is 11.5 Å². The number of fused-ring (bicyclic) bond motifs is 1. The van der Waals surface area contributed by atoms with Gasteiger partial charge in [0.15, 0.2) is 5.52 Å². The number of anilines is 1. The summed E-state index contributed by atoms with van der Waals surface area (Å²) >= 11 is 1.46. The fraction of sp³-hybridized carbons (Fsp3) is 0.261. The van der Waals surface area contributed by atoms with E-state index >= 15 is 0 Å². The Morgan fingerprint density at radius 2 is 1.84 bits per heavy atom. The van der Waals surface area contributed by atoms with Crippen molar-refractivity contribution in [1.29, 1.82) is 0 Å². The van der Waals surface area contributed by atoms with Crippen LogP contribution in [0.25, 0.3) is 11.2 Å². The van der Waals surface area contributed by atoms with Gasteiger partial charge in [-0.1, -0.05) is 39.3 Å². The number of hydrogen-bond donors (Lipinski definition) is 2. The monoisotopic (exact) mass is 436 g/mol. The third-order valence-electron chi connectivity index (χ3n) is 5.03. The molecule has 3 N–H and O–H groups in total. The van der Waals surface area contributed by atoms with E-state index in [4.69, 9.17) is 20.2 Å². The molecule has 0 aliphatic rings. The fourth-order valence-corrected chi connectivity index (χ4v) is 4.54. The molecule has 2 aromatic heterocycles. The molecule has 4 rings (SSSR count). The lowest BCUT2D eigenvalue weighted by Crippen LogP contribution is -2.36. The molecule has 31 heavy (non-hydrogen) atoms. The highest BCUT2D eigenvalue weighted by Crippen LogP contribution is 2.36. The number of H-pyrrole nitrogens is 1. The van der Waals surface area contributed by atoms with Crippen LogP contribution in [0.15, 0.2) is 52.8 Å². The third kappa shape index (κ3) is 4.59. The maximum Gasteiger partial charge on any atom is 0.294 e. The van der Waals surface area contributed by atoms with Crippen molar-refractivity contribution in [3.8, 4) is 11.5 Å². The zero-order valence-corrected chi connectivity index (χ0v) is 18.9. The maximum atomic E-state index is 6.13. The summed E-state index contributed by atoms with van der Waals surface area (Å²) in [6, 6.07) is 12.3. The van der Waals surface area contributed by atoms with E-state index in [9.17, 15) is 0 Å². The van der Waals surface area contributed by atoms with E-state index in [0.717, 1.165) is 40.5 Å². The fourth-order valence-electron chi connectivity index (χ4n) is 3.62. The summed E-state index contributed by atoms with van der Waals surface area (Å²) in [7, 11) is 3.29. The van der Waals surface area contributed by atoms with Crippen LogP contribution in [0.4, 0.5) is 5.82 Å². The number of hydrogen-bond acceptors (Lipinski definition) is 6. The Morgan fingerprint density at radius 3 is 2.55 bits per heavy atom. The second-order valence-electron chi connectivity index (χ2n) is 7.43. The van der Waals surface area contributed by atoms with Crippen LogP contribution in [0.3, 0.4) is 0 Å². The number of nitrogens with one attached hydrogen (secondary N) is 1. The average Bonchev–Trinajstić information content (AvgIpc) is 3.17. The van der Waals surface area contributed by atoms with Gasteiger partial charge in [0.2, 0.25) is 17.3 Å². The Balaban J connectivity index is 1.64. The number of aromatic amines is 1. The van der Waals surface area contributed by atoms with E-state index in [1.165, 1.54) is 28.5 Å². The number of nitrogens with two attached hydrogens (primary N) is 1. The quantitative estimate of drug-likeness (QED) is 0.428. The average molecular weight is 437 g/mol. The Morgan fingerprint density at radius 1 is 1.06 bits per heavy atom. The van der Waals surface area contributed by atoms with Crippen LogP contribution < -0.4 is 19.8 Å². The van der Waals surface area contributed by atoms with E-state index in [2.05, 4.69) is 42.0 Å². The molecule has 0 saturated heterocycles. The molecule has 2 aromatic carbocycles. The number of rotatable bonds is 7. The van der Waals surface area contributed by atoms with Crippen LogP contribution in [-0.4, -0.2) is 29.2 Å². The van der Waals surface area contributed by atoms with Crippen molar-refractivity contribution >= 4 is 28.7 Å². The zero-order valence-electron chi connectivity index (χ0n) is 18.1. The predicted octanol–water partition coefficient (Wildman–Crippen LogP) is 3.86. The van der Waals surface area contributed by atoms with Gasteiger partial charge in [-0.3, -0.25) is 0 Å². The molecule has 2 heterocycles. The molecule has 0 unspecified atom stereocenters. The first kappa shape index (κ1) is 21.0. The highest BCUT2D eigenvalue weighted by Gasteiger charge is 2.20. The lowest BCUT2D eigenvalue weighted by Gasteiger charge is -2.07. The number of nitrogen functional groups attached to an aromatic ring is 1. The molecule has 4 aromatic rings. The van der Waals surface area contributed by atoms with Gasteiger partial charge in [-0.25, -0.2) is 4.57 Å². The van der Waals surface area contributed by atoms with E-state index in [0.29, 0.717) is 11.0 Å². The highest BCUT2D eigenvalue weighted by molar-refractivity contribution is 7.99. The SMILES string of the molecule is COc1ccc(OC)c(Sc2nc3c([nH]2)c(N)nc[n+]3CCc2cc(C)cc(C)c2)c1. The second kappa shape index (κ2) is 8.85. The standard InChI is InChI=1S/C23H25N5O2S/c1-14-9-15(2)11-16(10-14)7-8-28-13-25-21(24)20-22(28)27-23(26-20)31-19-12-17(29-3)5-6-18(19)30-4/h5-6,9-13H,7-8H2,1-4H3,(H2,24,26,27)/p+1. The van der Waals surface area contributed by atoms with Gasteiger partial charge in [0, 0.05) is 6.42 Å². The van der Waals surface area contributed by atoms with Crippen molar-refractivity contribution in [2.75, 3.05) is 20.0 Å². The Kier molecular flexibility index (Phi) is 5.99. The molecule has 0 aliphatic heterocycles. The summed E-state index contributed by atoms with van der Waals surface area (Å²) in [6.45, 7) is 5.00. The van der Waals surface area contributed by atoms with Gasteiger partial charge in [-0.15, -0.1) is 0 Å². The molecule has 0 fully saturated rings. The predicted molar refractivity (Wildman–Crippen MR) is 122 cm³/mol. The number of nitrogens with zero attached hydrogens (tertiary/aromatic N) is 3. The van der Waals surface area contributed by atoms with Crippen molar-refractivity contribution in [3.05, 3.63) is 59.4 Å². The minimum absolute atomic E-state index is 0.426. The van der Waals surface area contributed by atoms with E-state index in [1.54, 1.807) is 20.5 Å². The molecule has 0 spiro atoms. The number of imidazole rings is 1. The smallest absolute Gasteiger partial charge is 0.294 e. The molecular weight excluding hydrogens is 410 g/mol. The lowest BCUT2D eigenvalue weighted by atomic mass is 10.1. The first-order chi connectivity index (χ1) is 15.0. The van der Waals surface area contributed by atoms with Gasteiger partial charge >= 0.3 is 0 Å². The van der Waals surface area contributed by atoms with Crippen molar-refractivity contribution in [1.82, 2.24) is 15.0 Å². The number of aryl methyl sites for hydroxylation is 4. The Hall–Kier alpha value is -3.26. The normalized spacial score (nSPS) is 11.1. The van der Waals surface area contributed by atoms with Gasteiger partial charge in [-0.05, 0) is 49.4 Å². The minimum Gasteiger partial charge on any atom is -0.497 e. The molecule has 8 heteroatoms. The summed E-state index contributed by atoms with van der Waals surface area (Å²) in [4.78, 5) is 13.4. The van der Waals surface area contributed by atoms with Crippen molar-refractivity contribution in [2.24, 2.45) is 0 Å². The van der Waals surface area contributed by atoms with Crippen LogP contribution >= 0.6 is 11.8 Å². The van der Waals surface area contributed by atoms with Crippen LogP contribution in [-0.2, 0) is 13.0 Å². The summed E-state index contributed by atoms with van der Waals surface area (Å²) in [5, 5.41) is 0.710. The molecule has 160 valence electrons. The number of benzene rings is 2. The minimum atomic E-state index is 0.426. The molecular formula is C23H26N5O2S+. The van der Waals surface area contributed by atoms with Gasteiger partial charge in [-0.2, -0.15) is 0 Å². The molecule has 7 nitrogen and oxygen atoms in total. The topological polar surface area (TPSA) is 89.9 Å². The molecule has 0 aliphatic carbocycles. The van der Waals surface area contributed by atoms with E-state index in [-0.39, 0.29) is 0 Å². The summed E-state index contributed by atoms with van der Waals surface area (Å²) in [6.07, 6.45) is 2.63. The van der Waals surface area contributed by atoms with Crippen LogP contribution in [0, 0.1) is 13.8 Å². The first-order valence-corrected chi connectivity index (χ1v) is 10.8. The highest BCUT2D eigenvalue weighted by atomic mass is 32.2. The number of methoxy groups -OCH3 is 2. The zero-order chi connectivity index (χ0) is 22.0. The van der Waals surface area contributed by atoms with Crippen molar-refractivity contribution < 1.29 is 14.0 Å².